The summed E-state index contributed by atoms with van der Waals surface area (Å²) in [5, 5.41) is 3.60. The Labute approximate surface area is 201 Å². The van der Waals surface area contributed by atoms with E-state index in [1.54, 1.807) is 31.2 Å². The number of ether oxygens (including phenoxy) is 1. The highest BCUT2D eigenvalue weighted by Crippen LogP contribution is 2.38. The van der Waals surface area contributed by atoms with Crippen molar-refractivity contribution in [3.05, 3.63) is 74.6 Å². The van der Waals surface area contributed by atoms with Gasteiger partial charge in [-0.3, -0.25) is 9.59 Å². The van der Waals surface area contributed by atoms with E-state index in [1.165, 1.54) is 12.1 Å². The zero-order valence-electron chi connectivity index (χ0n) is 17.9. The Morgan fingerprint density at radius 3 is 2.65 bits per heavy atom. The highest BCUT2D eigenvalue weighted by Gasteiger charge is 2.24. The van der Waals surface area contributed by atoms with Crippen LogP contribution < -0.4 is 15.8 Å². The summed E-state index contributed by atoms with van der Waals surface area (Å²) >= 11 is 6.84. The van der Waals surface area contributed by atoms with E-state index in [1.807, 2.05) is 6.92 Å². The number of nitrogens with zero attached hydrogens (tertiary/aromatic N) is 1. The summed E-state index contributed by atoms with van der Waals surface area (Å²) in [6.45, 7) is 3.51. The number of pyridine rings is 1. The third kappa shape index (κ3) is 4.73. The maximum absolute atomic E-state index is 13.1. The molecule has 1 aromatic carbocycles. The fourth-order valence-electron chi connectivity index (χ4n) is 3.33. The number of rotatable bonds is 7. The molecular weight excluding hydrogens is 488 g/mol. The Balaban J connectivity index is 1.56. The summed E-state index contributed by atoms with van der Waals surface area (Å²) in [6.07, 6.45) is -2.78. The average Bonchev–Trinajstić information content (AvgIpc) is 3.40. The van der Waals surface area contributed by atoms with Crippen LogP contribution >= 0.6 is 22.9 Å². The van der Waals surface area contributed by atoms with Gasteiger partial charge < -0.3 is 20.2 Å². The monoisotopic (exact) mass is 505 g/mol. The highest BCUT2D eigenvalue weighted by atomic mass is 35.5. The van der Waals surface area contributed by atoms with Crippen LogP contribution in [0.15, 0.2) is 40.8 Å². The molecule has 0 aliphatic rings. The summed E-state index contributed by atoms with van der Waals surface area (Å²) in [5.74, 6) is -0.513. The molecule has 34 heavy (non-hydrogen) atoms. The molecule has 0 aliphatic carbocycles. The highest BCUT2D eigenvalue weighted by molar-refractivity contribution is 7.21. The summed E-state index contributed by atoms with van der Waals surface area (Å²) in [4.78, 5) is 28.9. The van der Waals surface area contributed by atoms with Crippen molar-refractivity contribution in [2.45, 2.75) is 26.9 Å². The summed E-state index contributed by atoms with van der Waals surface area (Å²) in [6, 6.07) is 9.47. The average molecular weight is 506 g/mol. The SMILES string of the molecule is Cc1cc(OCc2ccc(C(=O)Nc3c(C(N)=O)sc4nc(C(F)F)cc(C)c34)o2)ccc1Cl. The van der Waals surface area contributed by atoms with Crippen molar-refractivity contribution in [1.29, 1.82) is 0 Å². The molecule has 176 valence electrons. The molecular formula is C23H18ClF2N3O4S. The molecule has 4 rings (SSSR count). The number of aryl methyl sites for hydroxylation is 2. The third-order valence-corrected chi connectivity index (χ3v) is 6.48. The number of carbonyl (C=O) groups is 2. The Morgan fingerprint density at radius 2 is 1.97 bits per heavy atom. The number of anilines is 1. The van der Waals surface area contributed by atoms with Gasteiger partial charge in [0.15, 0.2) is 5.76 Å². The van der Waals surface area contributed by atoms with Crippen molar-refractivity contribution in [3.8, 4) is 5.75 Å². The van der Waals surface area contributed by atoms with Crippen LogP contribution in [0.1, 0.15) is 49.2 Å². The van der Waals surface area contributed by atoms with E-state index in [0.717, 1.165) is 16.9 Å². The molecule has 0 saturated carbocycles. The Morgan fingerprint density at radius 1 is 1.21 bits per heavy atom. The first-order valence-electron chi connectivity index (χ1n) is 9.95. The molecule has 3 aromatic heterocycles. The van der Waals surface area contributed by atoms with Crippen LogP contribution in [0, 0.1) is 13.8 Å². The first kappa shape index (κ1) is 23.7. The van der Waals surface area contributed by atoms with Crippen LogP contribution in [0.5, 0.6) is 5.75 Å². The van der Waals surface area contributed by atoms with Crippen molar-refractivity contribution in [2.24, 2.45) is 5.73 Å². The molecule has 0 radical (unpaired) electrons. The van der Waals surface area contributed by atoms with E-state index >= 15 is 0 Å². The van der Waals surface area contributed by atoms with E-state index in [9.17, 15) is 18.4 Å². The van der Waals surface area contributed by atoms with Crippen LogP contribution in [-0.2, 0) is 6.61 Å². The lowest BCUT2D eigenvalue weighted by molar-refractivity contribution is 0.0992. The first-order valence-corrected chi connectivity index (χ1v) is 11.1. The number of hydrogen-bond acceptors (Lipinski definition) is 6. The van der Waals surface area contributed by atoms with Gasteiger partial charge in [-0.1, -0.05) is 11.6 Å². The number of alkyl halides is 2. The number of hydrogen-bond donors (Lipinski definition) is 2. The Bertz CT molecular complexity index is 1420. The fourth-order valence-corrected chi connectivity index (χ4v) is 4.51. The van der Waals surface area contributed by atoms with E-state index in [-0.39, 0.29) is 27.8 Å². The zero-order valence-corrected chi connectivity index (χ0v) is 19.5. The van der Waals surface area contributed by atoms with Crippen molar-refractivity contribution in [2.75, 3.05) is 5.32 Å². The van der Waals surface area contributed by atoms with Gasteiger partial charge >= 0.3 is 0 Å². The Kier molecular flexibility index (Phi) is 6.54. The van der Waals surface area contributed by atoms with Gasteiger partial charge in [0.25, 0.3) is 18.2 Å². The Hall–Kier alpha value is -3.50. The van der Waals surface area contributed by atoms with Gasteiger partial charge in [0.05, 0.1) is 5.69 Å². The van der Waals surface area contributed by atoms with Crippen molar-refractivity contribution in [3.63, 3.8) is 0 Å². The number of benzene rings is 1. The lowest BCUT2D eigenvalue weighted by Gasteiger charge is -2.07. The van der Waals surface area contributed by atoms with Gasteiger partial charge in [0.2, 0.25) is 0 Å². The first-order chi connectivity index (χ1) is 16.1. The second-order valence-electron chi connectivity index (χ2n) is 7.44. The second-order valence-corrected chi connectivity index (χ2v) is 8.84. The minimum absolute atomic E-state index is 0.00131. The lowest BCUT2D eigenvalue weighted by Crippen LogP contribution is -2.16. The molecule has 0 spiro atoms. The number of furan rings is 1. The molecule has 0 saturated heterocycles. The molecule has 2 amide bonds. The number of nitrogens with one attached hydrogen (secondary N) is 1. The van der Waals surface area contributed by atoms with Gasteiger partial charge in [-0.15, -0.1) is 11.3 Å². The molecule has 7 nitrogen and oxygen atoms in total. The molecule has 3 heterocycles. The van der Waals surface area contributed by atoms with E-state index in [4.69, 9.17) is 26.5 Å². The number of aromatic nitrogens is 1. The maximum atomic E-state index is 13.1. The fraction of sp³-hybridized carbons (Fsp3) is 0.174. The molecule has 11 heteroatoms. The molecule has 0 unspecified atom stereocenters. The van der Waals surface area contributed by atoms with Crippen LogP contribution in [0.3, 0.4) is 0 Å². The third-order valence-electron chi connectivity index (χ3n) is 4.96. The predicted octanol–water partition coefficient (Wildman–Crippen LogP) is 6.03. The molecule has 3 N–H and O–H groups in total. The van der Waals surface area contributed by atoms with Crippen molar-refractivity contribution >= 4 is 50.7 Å². The minimum Gasteiger partial charge on any atom is -0.486 e. The minimum atomic E-state index is -2.78. The lowest BCUT2D eigenvalue weighted by atomic mass is 10.1. The molecule has 0 bridgehead atoms. The van der Waals surface area contributed by atoms with Gasteiger partial charge in [0.1, 0.15) is 33.5 Å². The van der Waals surface area contributed by atoms with E-state index < -0.39 is 23.9 Å². The maximum Gasteiger partial charge on any atom is 0.291 e. The van der Waals surface area contributed by atoms with Crippen molar-refractivity contribution in [1.82, 2.24) is 4.98 Å². The smallest absolute Gasteiger partial charge is 0.291 e. The van der Waals surface area contributed by atoms with Gasteiger partial charge in [0, 0.05) is 10.4 Å². The van der Waals surface area contributed by atoms with Crippen molar-refractivity contribution < 1.29 is 27.5 Å². The standard InChI is InChI=1S/C23H18ClF2N3O4S/c1-10-7-12(3-5-14(10)24)32-9-13-4-6-16(33-13)22(31)29-18-17-11(2)8-15(20(25)26)28-23(17)34-19(18)21(27)30/h3-8,20H,9H2,1-2H3,(H2,27,30)(H,29,31). The van der Waals surface area contributed by atoms with Crippen LogP contribution in [-0.4, -0.2) is 16.8 Å². The van der Waals surface area contributed by atoms with Gasteiger partial charge in [-0.2, -0.15) is 0 Å². The molecule has 0 fully saturated rings. The summed E-state index contributed by atoms with van der Waals surface area (Å²) in [5.41, 5.74) is 6.42. The number of halogens is 3. The number of thiophene rings is 1. The number of nitrogens with two attached hydrogens (primary N) is 1. The molecule has 0 aliphatic heterocycles. The van der Waals surface area contributed by atoms with Crippen LogP contribution in [0.4, 0.5) is 14.5 Å². The van der Waals surface area contributed by atoms with E-state index in [0.29, 0.717) is 27.5 Å². The number of primary amides is 1. The van der Waals surface area contributed by atoms with Crippen LogP contribution in [0.2, 0.25) is 5.02 Å². The summed E-state index contributed by atoms with van der Waals surface area (Å²) in [7, 11) is 0. The topological polar surface area (TPSA) is 107 Å². The zero-order chi connectivity index (χ0) is 24.6. The quantitative estimate of drug-likeness (QED) is 0.319. The normalized spacial score (nSPS) is 11.2. The number of carbonyl (C=O) groups excluding carboxylic acids is 2. The predicted molar refractivity (Wildman–Crippen MR) is 125 cm³/mol. The largest absolute Gasteiger partial charge is 0.486 e. The number of fused-ring (bicyclic) bond motifs is 1. The van der Waals surface area contributed by atoms with Gasteiger partial charge in [-0.05, 0) is 61.4 Å². The number of amides is 2. The van der Waals surface area contributed by atoms with Crippen LogP contribution in [0.25, 0.3) is 10.2 Å². The summed E-state index contributed by atoms with van der Waals surface area (Å²) < 4.78 is 37.5. The van der Waals surface area contributed by atoms with Gasteiger partial charge in [-0.25, -0.2) is 13.8 Å². The van der Waals surface area contributed by atoms with E-state index in [2.05, 4.69) is 10.3 Å². The second kappa shape index (κ2) is 9.40. The molecule has 4 aromatic rings. The molecule has 0 atom stereocenters.